The molecule has 0 fully saturated rings. The minimum atomic E-state index is 0. The predicted molar refractivity (Wildman–Crippen MR) is 121 cm³/mol. The van der Waals surface area contributed by atoms with Crippen molar-refractivity contribution in [2.24, 2.45) is 4.99 Å². The standard InChI is InChI=1S/C20H22N6O2.HI/c1-21-20(23-9-5-15-3-4-17-18(11-15)28-14-27-17)24-13-16-6-8-22-19(12-16)26-10-2-7-25-26;/h2-4,6-8,10-12H,5,9,13-14H2,1H3,(H2,21,23,24);1H. The third kappa shape index (κ3) is 5.37. The number of aliphatic imine (C=N–C) groups is 1. The van der Waals surface area contributed by atoms with Crippen LogP contribution in [-0.2, 0) is 13.0 Å². The number of hydrogen-bond acceptors (Lipinski definition) is 5. The molecule has 3 heterocycles. The van der Waals surface area contributed by atoms with Gasteiger partial charge in [-0.2, -0.15) is 5.10 Å². The van der Waals surface area contributed by atoms with Crippen LogP contribution in [0.2, 0.25) is 0 Å². The number of rotatable bonds is 6. The van der Waals surface area contributed by atoms with Gasteiger partial charge < -0.3 is 20.1 Å². The maximum absolute atomic E-state index is 5.42. The molecule has 1 aromatic carbocycles. The van der Waals surface area contributed by atoms with Gasteiger partial charge in [-0.05, 0) is 47.9 Å². The van der Waals surface area contributed by atoms with Gasteiger partial charge in [-0.3, -0.25) is 4.99 Å². The Labute approximate surface area is 186 Å². The maximum atomic E-state index is 5.42. The van der Waals surface area contributed by atoms with Gasteiger partial charge in [0.25, 0.3) is 0 Å². The zero-order chi connectivity index (χ0) is 19.2. The first-order valence-electron chi connectivity index (χ1n) is 9.10. The van der Waals surface area contributed by atoms with Crippen LogP contribution in [0.15, 0.2) is 60.0 Å². The van der Waals surface area contributed by atoms with Crippen molar-refractivity contribution in [1.82, 2.24) is 25.4 Å². The van der Waals surface area contributed by atoms with Crippen molar-refractivity contribution in [3.8, 4) is 17.3 Å². The number of ether oxygens (including phenoxy) is 2. The highest BCUT2D eigenvalue weighted by Gasteiger charge is 2.13. The van der Waals surface area contributed by atoms with Gasteiger partial charge in [-0.15, -0.1) is 24.0 Å². The second kappa shape index (κ2) is 10.1. The van der Waals surface area contributed by atoms with Gasteiger partial charge in [0.15, 0.2) is 23.3 Å². The van der Waals surface area contributed by atoms with Crippen LogP contribution in [0.3, 0.4) is 0 Å². The molecule has 2 N–H and O–H groups in total. The van der Waals surface area contributed by atoms with Crippen LogP contribution in [0.4, 0.5) is 0 Å². The molecule has 0 saturated heterocycles. The largest absolute Gasteiger partial charge is 0.454 e. The van der Waals surface area contributed by atoms with Crippen LogP contribution >= 0.6 is 24.0 Å². The van der Waals surface area contributed by atoms with Crippen molar-refractivity contribution >= 4 is 29.9 Å². The second-order valence-electron chi connectivity index (χ2n) is 6.26. The van der Waals surface area contributed by atoms with Gasteiger partial charge in [0, 0.05) is 38.7 Å². The second-order valence-corrected chi connectivity index (χ2v) is 6.26. The molecule has 0 saturated carbocycles. The van der Waals surface area contributed by atoms with Gasteiger partial charge in [-0.25, -0.2) is 9.67 Å². The summed E-state index contributed by atoms with van der Waals surface area (Å²) in [5.74, 6) is 3.15. The fourth-order valence-corrected chi connectivity index (χ4v) is 2.93. The summed E-state index contributed by atoms with van der Waals surface area (Å²) in [6.45, 7) is 1.69. The van der Waals surface area contributed by atoms with Gasteiger partial charge in [0.1, 0.15) is 0 Å². The third-order valence-electron chi connectivity index (χ3n) is 4.38. The molecular formula is C20H23IN6O2. The van der Waals surface area contributed by atoms with Crippen LogP contribution < -0.4 is 20.1 Å². The van der Waals surface area contributed by atoms with Crippen molar-refractivity contribution < 1.29 is 9.47 Å². The van der Waals surface area contributed by atoms with Crippen LogP contribution in [0.25, 0.3) is 5.82 Å². The number of fused-ring (bicyclic) bond motifs is 1. The highest BCUT2D eigenvalue weighted by atomic mass is 127. The lowest BCUT2D eigenvalue weighted by Crippen LogP contribution is -2.37. The summed E-state index contributed by atoms with van der Waals surface area (Å²) in [7, 11) is 1.76. The summed E-state index contributed by atoms with van der Waals surface area (Å²) in [4.78, 5) is 8.63. The fraction of sp³-hybridized carbons (Fsp3) is 0.250. The van der Waals surface area contributed by atoms with E-state index in [0.717, 1.165) is 41.8 Å². The minimum Gasteiger partial charge on any atom is -0.454 e. The Morgan fingerprint density at radius 3 is 2.83 bits per heavy atom. The topological polar surface area (TPSA) is 85.6 Å². The molecule has 152 valence electrons. The highest BCUT2D eigenvalue weighted by Crippen LogP contribution is 2.32. The van der Waals surface area contributed by atoms with E-state index in [4.69, 9.17) is 9.47 Å². The Hall–Kier alpha value is -2.82. The Morgan fingerprint density at radius 2 is 2.00 bits per heavy atom. The predicted octanol–water partition coefficient (Wildman–Crippen LogP) is 2.52. The zero-order valence-corrected chi connectivity index (χ0v) is 18.4. The molecule has 8 nitrogen and oxygen atoms in total. The van der Waals surface area contributed by atoms with E-state index in [2.05, 4.69) is 31.8 Å². The zero-order valence-electron chi connectivity index (χ0n) is 16.0. The van der Waals surface area contributed by atoms with E-state index in [-0.39, 0.29) is 24.0 Å². The number of halogens is 1. The first-order valence-corrected chi connectivity index (χ1v) is 9.10. The van der Waals surface area contributed by atoms with Crippen molar-refractivity contribution in [2.45, 2.75) is 13.0 Å². The van der Waals surface area contributed by atoms with Crippen molar-refractivity contribution in [3.05, 3.63) is 66.1 Å². The lowest BCUT2D eigenvalue weighted by molar-refractivity contribution is 0.174. The van der Waals surface area contributed by atoms with E-state index in [9.17, 15) is 0 Å². The van der Waals surface area contributed by atoms with Crippen molar-refractivity contribution in [2.75, 3.05) is 20.4 Å². The molecule has 1 aliphatic rings. The Morgan fingerprint density at radius 1 is 1.10 bits per heavy atom. The lowest BCUT2D eigenvalue weighted by Gasteiger charge is -2.12. The van der Waals surface area contributed by atoms with E-state index >= 15 is 0 Å². The minimum absolute atomic E-state index is 0. The molecule has 0 aliphatic carbocycles. The Balaban J connectivity index is 0.00000240. The molecule has 3 aromatic rings. The van der Waals surface area contributed by atoms with Gasteiger partial charge in [-0.1, -0.05) is 6.07 Å². The summed E-state index contributed by atoms with van der Waals surface area (Å²) >= 11 is 0. The first kappa shape index (κ1) is 20.9. The van der Waals surface area contributed by atoms with E-state index < -0.39 is 0 Å². The van der Waals surface area contributed by atoms with Crippen LogP contribution in [0.1, 0.15) is 11.1 Å². The number of nitrogens with zero attached hydrogens (tertiary/aromatic N) is 4. The molecule has 0 atom stereocenters. The Bertz CT molecular complexity index is 961. The lowest BCUT2D eigenvalue weighted by atomic mass is 10.1. The average molecular weight is 506 g/mol. The molecule has 0 unspecified atom stereocenters. The number of nitrogens with one attached hydrogen (secondary N) is 2. The van der Waals surface area contributed by atoms with Crippen molar-refractivity contribution in [1.29, 1.82) is 0 Å². The Kier molecular flexibility index (Phi) is 7.28. The molecule has 0 amide bonds. The number of guanidine groups is 1. The molecule has 29 heavy (non-hydrogen) atoms. The van der Waals surface area contributed by atoms with E-state index in [1.165, 1.54) is 5.56 Å². The molecule has 0 radical (unpaired) electrons. The summed E-state index contributed by atoms with van der Waals surface area (Å²) in [5, 5.41) is 10.9. The quantitative estimate of drug-likeness (QED) is 0.304. The smallest absolute Gasteiger partial charge is 0.231 e. The van der Waals surface area contributed by atoms with E-state index in [1.807, 2.05) is 36.5 Å². The van der Waals surface area contributed by atoms with E-state index in [1.54, 1.807) is 24.1 Å². The summed E-state index contributed by atoms with van der Waals surface area (Å²) < 4.78 is 12.5. The number of pyridine rings is 1. The molecule has 4 rings (SSSR count). The van der Waals surface area contributed by atoms with Crippen LogP contribution in [0, 0.1) is 0 Å². The average Bonchev–Trinajstić information content (AvgIpc) is 3.42. The fourth-order valence-electron chi connectivity index (χ4n) is 2.93. The maximum Gasteiger partial charge on any atom is 0.231 e. The van der Waals surface area contributed by atoms with E-state index in [0.29, 0.717) is 13.3 Å². The molecule has 9 heteroatoms. The molecule has 0 spiro atoms. The normalized spacial score (nSPS) is 12.4. The monoisotopic (exact) mass is 506 g/mol. The summed E-state index contributed by atoms with van der Waals surface area (Å²) in [6.07, 6.45) is 6.24. The van der Waals surface area contributed by atoms with Gasteiger partial charge in [0.2, 0.25) is 6.79 Å². The van der Waals surface area contributed by atoms with Crippen LogP contribution in [0.5, 0.6) is 11.5 Å². The SMILES string of the molecule is CN=C(NCCc1ccc2c(c1)OCO2)NCc1ccnc(-n2cccn2)c1.I. The van der Waals surface area contributed by atoms with Crippen molar-refractivity contribution in [3.63, 3.8) is 0 Å². The van der Waals surface area contributed by atoms with Gasteiger partial charge in [0.05, 0.1) is 0 Å². The highest BCUT2D eigenvalue weighted by molar-refractivity contribution is 14.0. The molecular weight excluding hydrogens is 483 g/mol. The van der Waals surface area contributed by atoms with Crippen LogP contribution in [-0.4, -0.2) is 41.1 Å². The number of benzene rings is 1. The summed E-state index contributed by atoms with van der Waals surface area (Å²) in [6, 6.07) is 11.9. The van der Waals surface area contributed by atoms with Gasteiger partial charge >= 0.3 is 0 Å². The molecule has 1 aliphatic heterocycles. The number of hydrogen-bond donors (Lipinski definition) is 2. The summed E-state index contributed by atoms with van der Waals surface area (Å²) in [5.41, 5.74) is 2.28. The first-order chi connectivity index (χ1) is 13.8. The molecule has 0 bridgehead atoms. The third-order valence-corrected chi connectivity index (χ3v) is 4.38. The number of aromatic nitrogens is 3. The molecule has 2 aromatic heterocycles.